The van der Waals surface area contributed by atoms with Crippen LogP contribution in [0.4, 0.5) is 5.69 Å². The molecule has 1 saturated heterocycles. The van der Waals surface area contributed by atoms with Crippen LogP contribution in [0.1, 0.15) is 11.1 Å². The summed E-state index contributed by atoms with van der Waals surface area (Å²) in [6.45, 7) is 1.19. The van der Waals surface area contributed by atoms with Gasteiger partial charge in [-0.05, 0) is 42.5 Å². The van der Waals surface area contributed by atoms with Crippen LogP contribution in [0.2, 0.25) is 0 Å². The van der Waals surface area contributed by atoms with Crippen LogP contribution >= 0.6 is 0 Å². The molecule has 1 aliphatic heterocycles. The number of ether oxygens (including phenoxy) is 1. The highest BCUT2D eigenvalue weighted by Gasteiger charge is 2.26. The Hall–Kier alpha value is -2.73. The van der Waals surface area contributed by atoms with Crippen LogP contribution < -0.4 is 4.74 Å². The number of nitrogens with one attached hydrogen (secondary N) is 1. The van der Waals surface area contributed by atoms with E-state index in [9.17, 15) is 0 Å². The summed E-state index contributed by atoms with van der Waals surface area (Å²) in [4.78, 5) is 0. The third-order valence-electron chi connectivity index (χ3n) is 3.36. The molecule has 24 heavy (non-hydrogen) atoms. The number of nitrogens with zero attached hydrogens (tertiary/aromatic N) is 2. The van der Waals surface area contributed by atoms with Gasteiger partial charge in [0.15, 0.2) is 0 Å². The maximum Gasteiger partial charge on any atom is 0.639 e. The summed E-state index contributed by atoms with van der Waals surface area (Å²) >= 11 is 0. The molecule has 7 nitrogen and oxygen atoms in total. The van der Waals surface area contributed by atoms with Crippen LogP contribution in [0.15, 0.2) is 47.6 Å². The van der Waals surface area contributed by atoms with Gasteiger partial charge in [-0.2, -0.15) is 10.4 Å². The zero-order valence-electron chi connectivity index (χ0n) is 12.8. The normalized spacial score (nSPS) is 13.5. The second-order valence-corrected chi connectivity index (χ2v) is 4.98. The lowest BCUT2D eigenvalue weighted by Crippen LogP contribution is -2.19. The van der Waals surface area contributed by atoms with Gasteiger partial charge in [-0.1, -0.05) is 0 Å². The summed E-state index contributed by atoms with van der Waals surface area (Å²) < 4.78 is 21.7. The highest BCUT2D eigenvalue weighted by molar-refractivity contribution is 6.36. The fraction of sp³-hybridized carbons (Fsp3) is 0.188. The number of rotatable bonds is 6. The van der Waals surface area contributed by atoms with Gasteiger partial charge in [0, 0.05) is 5.56 Å². The molecule has 1 fully saturated rings. The van der Waals surface area contributed by atoms with Gasteiger partial charge in [0.1, 0.15) is 11.5 Å². The van der Waals surface area contributed by atoms with E-state index in [4.69, 9.17) is 29.5 Å². The van der Waals surface area contributed by atoms with Crippen molar-refractivity contribution < 1.29 is 18.7 Å². The second kappa shape index (κ2) is 7.70. The summed E-state index contributed by atoms with van der Waals surface area (Å²) in [5.41, 5.74) is 8.99. The highest BCUT2D eigenvalue weighted by atomic mass is 16.8. The lowest BCUT2D eigenvalue weighted by atomic mass is 10.1. The minimum absolute atomic E-state index is 0.187. The van der Waals surface area contributed by atoms with E-state index in [0.29, 0.717) is 41.5 Å². The molecule has 2 aromatic rings. The zero-order valence-corrected chi connectivity index (χ0v) is 12.8. The average Bonchev–Trinajstić information content (AvgIpc) is 3.14. The van der Waals surface area contributed by atoms with Gasteiger partial charge < -0.3 is 18.7 Å². The number of hydrogen-bond acceptors (Lipinski definition) is 7. The van der Waals surface area contributed by atoms with Crippen molar-refractivity contribution in [3.8, 4) is 17.6 Å². The zero-order chi connectivity index (χ0) is 16.8. The first-order valence-corrected chi connectivity index (χ1v) is 7.32. The van der Waals surface area contributed by atoms with Crippen molar-refractivity contribution in [2.75, 3.05) is 13.2 Å². The Morgan fingerprint density at radius 1 is 1.12 bits per heavy atom. The van der Waals surface area contributed by atoms with Crippen LogP contribution in [0.3, 0.4) is 0 Å². The van der Waals surface area contributed by atoms with Gasteiger partial charge in [0.05, 0.1) is 37.1 Å². The molecule has 0 spiro atoms. The van der Waals surface area contributed by atoms with Gasteiger partial charge in [-0.15, -0.1) is 0 Å². The molecule has 3 rings (SSSR count). The molecule has 0 radical (unpaired) electrons. The van der Waals surface area contributed by atoms with E-state index < -0.39 is 7.32 Å². The Bertz CT molecular complexity index is 755. The van der Waals surface area contributed by atoms with Crippen molar-refractivity contribution in [2.24, 2.45) is 5.11 Å². The maximum absolute atomic E-state index is 8.81. The predicted octanol–water partition coefficient (Wildman–Crippen LogP) is 3.56. The molecular formula is C16H14BN3O4. The van der Waals surface area contributed by atoms with Gasteiger partial charge in [-0.25, -0.2) is 5.53 Å². The molecule has 0 atom stereocenters. The van der Waals surface area contributed by atoms with Gasteiger partial charge in [0.25, 0.3) is 0 Å². The number of hydrogen-bond donors (Lipinski definition) is 1. The van der Waals surface area contributed by atoms with E-state index in [1.165, 1.54) is 0 Å². The molecule has 0 aromatic heterocycles. The van der Waals surface area contributed by atoms with E-state index in [1.807, 2.05) is 0 Å². The summed E-state index contributed by atoms with van der Waals surface area (Å²) in [6, 6.07) is 14.0. The predicted molar refractivity (Wildman–Crippen MR) is 84.9 cm³/mol. The van der Waals surface area contributed by atoms with Gasteiger partial charge in [-0.3, -0.25) is 0 Å². The van der Waals surface area contributed by atoms with Crippen molar-refractivity contribution in [1.82, 2.24) is 0 Å². The molecule has 1 N–H and O–H groups in total. The Labute approximate surface area is 139 Å². The van der Waals surface area contributed by atoms with Crippen molar-refractivity contribution >= 4 is 13.0 Å². The molecule has 2 aromatic carbocycles. The maximum atomic E-state index is 8.81. The van der Waals surface area contributed by atoms with Crippen molar-refractivity contribution in [1.29, 1.82) is 10.8 Å². The molecule has 1 heterocycles. The van der Waals surface area contributed by atoms with Crippen molar-refractivity contribution in [3.05, 3.63) is 53.6 Å². The largest absolute Gasteiger partial charge is 0.639 e. The lowest BCUT2D eigenvalue weighted by molar-refractivity contribution is 0.170. The van der Waals surface area contributed by atoms with Gasteiger partial charge in [0.2, 0.25) is 0 Å². The summed E-state index contributed by atoms with van der Waals surface area (Å²) in [7, 11) is -0.688. The first-order valence-electron chi connectivity index (χ1n) is 7.32. The third kappa shape index (κ3) is 3.97. The van der Waals surface area contributed by atoms with E-state index in [2.05, 4.69) is 11.2 Å². The minimum Gasteiger partial charge on any atom is -0.457 e. The molecule has 120 valence electrons. The monoisotopic (exact) mass is 323 g/mol. The Kier molecular flexibility index (Phi) is 5.18. The molecule has 0 aliphatic carbocycles. The molecular weight excluding hydrogens is 309 g/mol. The smallest absolute Gasteiger partial charge is 0.457 e. The Balaban J connectivity index is 1.72. The minimum atomic E-state index is -0.688. The molecule has 0 saturated carbocycles. The standard InChI is InChI=1S/C16H14BN3O4/c18-10-12-1-3-14(4-2-12)24-15-5-6-16(20-19)13(9-15)11-23-17-21-7-8-22-17/h1-6,9,19H,7-8,11H2. The Morgan fingerprint density at radius 2 is 1.83 bits per heavy atom. The highest BCUT2D eigenvalue weighted by Crippen LogP contribution is 2.29. The average molecular weight is 323 g/mol. The first kappa shape index (κ1) is 16.1. The SMILES string of the molecule is N#Cc1ccc(Oc2ccc(N=N)c(COB3OCCO3)c2)cc1. The van der Waals surface area contributed by atoms with Crippen LogP contribution in [-0.2, 0) is 20.6 Å². The van der Waals surface area contributed by atoms with Gasteiger partial charge >= 0.3 is 7.32 Å². The topological polar surface area (TPSA) is 96.9 Å². The number of benzene rings is 2. The van der Waals surface area contributed by atoms with Crippen LogP contribution in [0.25, 0.3) is 0 Å². The molecule has 0 bridgehead atoms. The fourth-order valence-corrected chi connectivity index (χ4v) is 2.17. The second-order valence-electron chi connectivity index (χ2n) is 4.98. The number of nitriles is 1. The quantitative estimate of drug-likeness (QED) is 0.647. The van der Waals surface area contributed by atoms with E-state index in [-0.39, 0.29) is 6.61 Å². The van der Waals surface area contributed by atoms with E-state index >= 15 is 0 Å². The summed E-state index contributed by atoms with van der Waals surface area (Å²) in [5, 5.41) is 12.3. The molecule has 0 amide bonds. The molecule has 8 heteroatoms. The van der Waals surface area contributed by atoms with Crippen LogP contribution in [0.5, 0.6) is 11.5 Å². The Morgan fingerprint density at radius 3 is 2.50 bits per heavy atom. The lowest BCUT2D eigenvalue weighted by Gasteiger charge is -2.11. The first-order chi connectivity index (χ1) is 11.8. The molecule has 0 unspecified atom stereocenters. The van der Waals surface area contributed by atoms with E-state index in [1.54, 1.807) is 42.5 Å². The third-order valence-corrected chi connectivity index (χ3v) is 3.36. The summed E-state index contributed by atoms with van der Waals surface area (Å²) in [6.07, 6.45) is 0. The fourth-order valence-electron chi connectivity index (χ4n) is 2.17. The van der Waals surface area contributed by atoms with Crippen LogP contribution in [0, 0.1) is 16.9 Å². The van der Waals surface area contributed by atoms with Crippen LogP contribution in [-0.4, -0.2) is 20.5 Å². The van der Waals surface area contributed by atoms with Crippen molar-refractivity contribution in [2.45, 2.75) is 6.61 Å². The van der Waals surface area contributed by atoms with E-state index in [0.717, 1.165) is 0 Å². The van der Waals surface area contributed by atoms with Crippen molar-refractivity contribution in [3.63, 3.8) is 0 Å². The molecule has 1 aliphatic rings. The summed E-state index contributed by atoms with van der Waals surface area (Å²) in [5.74, 6) is 1.19.